The van der Waals surface area contributed by atoms with Gasteiger partial charge in [-0.05, 0) is 30.5 Å². The zero-order valence-corrected chi connectivity index (χ0v) is 12.2. The number of halogens is 4. The van der Waals surface area contributed by atoms with Crippen molar-refractivity contribution in [2.45, 2.75) is 25.1 Å². The molecule has 3 nitrogen and oxygen atoms in total. The largest absolute Gasteiger partial charge is 0.419 e. The number of benzene rings is 1. The smallest absolute Gasteiger partial charge is 0.396 e. The number of hydrogen-bond acceptors (Lipinski definition) is 3. The molecule has 0 saturated carbocycles. The molecule has 22 heavy (non-hydrogen) atoms. The van der Waals surface area contributed by atoms with Gasteiger partial charge >= 0.3 is 6.18 Å². The van der Waals surface area contributed by atoms with Crippen molar-refractivity contribution in [2.75, 3.05) is 32.8 Å². The molecule has 0 amide bonds. The Labute approximate surface area is 126 Å². The molecule has 1 aliphatic rings. The first-order chi connectivity index (χ1) is 10.4. The van der Waals surface area contributed by atoms with Crippen molar-refractivity contribution in [1.29, 1.82) is 0 Å². The van der Waals surface area contributed by atoms with Crippen molar-refractivity contribution >= 4 is 0 Å². The first-order valence-electron chi connectivity index (χ1n) is 7.35. The van der Waals surface area contributed by atoms with Crippen molar-refractivity contribution in [1.82, 2.24) is 10.2 Å². The average molecular weight is 320 g/mol. The minimum atomic E-state index is -4.68. The molecule has 1 atom stereocenters. The molecule has 0 aromatic heterocycles. The predicted molar refractivity (Wildman–Crippen MR) is 74.9 cm³/mol. The minimum Gasteiger partial charge on any atom is -0.396 e. The molecule has 0 radical (unpaired) electrons. The van der Waals surface area contributed by atoms with Crippen LogP contribution in [0.15, 0.2) is 18.2 Å². The van der Waals surface area contributed by atoms with Crippen LogP contribution in [0.4, 0.5) is 17.6 Å². The number of aliphatic hydroxyl groups excluding tert-OH is 1. The van der Waals surface area contributed by atoms with Crippen molar-refractivity contribution in [3.8, 4) is 0 Å². The van der Waals surface area contributed by atoms with E-state index < -0.39 is 17.6 Å². The van der Waals surface area contributed by atoms with Crippen LogP contribution in [0.25, 0.3) is 0 Å². The molecule has 1 aliphatic heterocycles. The van der Waals surface area contributed by atoms with Crippen LogP contribution in [0.1, 0.15) is 30.0 Å². The van der Waals surface area contributed by atoms with Crippen molar-refractivity contribution < 1.29 is 22.7 Å². The van der Waals surface area contributed by atoms with Crippen molar-refractivity contribution in [2.24, 2.45) is 0 Å². The van der Waals surface area contributed by atoms with Crippen LogP contribution >= 0.6 is 0 Å². The summed E-state index contributed by atoms with van der Waals surface area (Å²) in [6.07, 6.45) is -3.57. The Hall–Kier alpha value is -1.18. The third kappa shape index (κ3) is 4.18. The quantitative estimate of drug-likeness (QED) is 0.819. The van der Waals surface area contributed by atoms with E-state index >= 15 is 0 Å². The fourth-order valence-corrected chi connectivity index (χ4v) is 2.81. The zero-order valence-electron chi connectivity index (χ0n) is 12.2. The van der Waals surface area contributed by atoms with Crippen LogP contribution < -0.4 is 5.32 Å². The Kier molecular flexibility index (Phi) is 5.77. The molecule has 1 aromatic carbocycles. The Morgan fingerprint density at radius 1 is 1.23 bits per heavy atom. The predicted octanol–water partition coefficient (Wildman–Crippen LogP) is 2.56. The maximum Gasteiger partial charge on any atom is 0.419 e. The number of aliphatic hydroxyl groups is 1. The highest BCUT2D eigenvalue weighted by atomic mass is 19.4. The zero-order chi connectivity index (χ0) is 16.2. The highest BCUT2D eigenvalue weighted by Crippen LogP contribution is 2.34. The van der Waals surface area contributed by atoms with Gasteiger partial charge in [0.05, 0.1) is 5.56 Å². The highest BCUT2D eigenvalue weighted by Gasteiger charge is 2.34. The molecule has 2 N–H and O–H groups in total. The summed E-state index contributed by atoms with van der Waals surface area (Å²) in [5.74, 6) is -1.24. The van der Waals surface area contributed by atoms with Crippen LogP contribution in [-0.4, -0.2) is 42.8 Å². The van der Waals surface area contributed by atoms with E-state index in [0.717, 1.165) is 38.3 Å². The van der Waals surface area contributed by atoms with Crippen LogP contribution in [0.3, 0.4) is 0 Å². The van der Waals surface area contributed by atoms with Gasteiger partial charge in [-0.25, -0.2) is 4.39 Å². The SMILES string of the molecule is OCCC[C@H](c1ccc(C(F)(F)F)c(F)c1)N1CCNCC1. The summed E-state index contributed by atoms with van der Waals surface area (Å²) in [6, 6.07) is 2.95. The molecule has 1 heterocycles. The first kappa shape index (κ1) is 17.2. The topological polar surface area (TPSA) is 35.5 Å². The second-order valence-corrected chi connectivity index (χ2v) is 5.40. The standard InChI is InChI=1S/C15H20F4N2O/c16-13-10-11(3-4-12(13)15(17,18)19)14(2-1-9-22)21-7-5-20-6-8-21/h3-4,10,14,20,22H,1-2,5-9H2/t14-/m1/s1. The first-order valence-corrected chi connectivity index (χ1v) is 7.35. The minimum absolute atomic E-state index is 0.00566. The monoisotopic (exact) mass is 320 g/mol. The maximum absolute atomic E-state index is 13.8. The van der Waals surface area contributed by atoms with Crippen LogP contribution in [0.5, 0.6) is 0 Å². The van der Waals surface area contributed by atoms with Gasteiger partial charge in [0.2, 0.25) is 0 Å². The highest BCUT2D eigenvalue weighted by molar-refractivity contribution is 5.28. The van der Waals surface area contributed by atoms with Gasteiger partial charge in [-0.1, -0.05) is 6.07 Å². The Bertz CT molecular complexity index is 487. The molecule has 7 heteroatoms. The lowest BCUT2D eigenvalue weighted by atomic mass is 9.98. The van der Waals surface area contributed by atoms with Crippen LogP contribution in [0, 0.1) is 5.82 Å². The lowest BCUT2D eigenvalue weighted by Crippen LogP contribution is -2.45. The van der Waals surface area contributed by atoms with E-state index in [0.29, 0.717) is 18.4 Å². The number of rotatable bonds is 5. The van der Waals surface area contributed by atoms with Gasteiger partial charge in [0, 0.05) is 38.8 Å². The average Bonchev–Trinajstić information content (AvgIpc) is 2.47. The summed E-state index contributed by atoms with van der Waals surface area (Å²) in [5.41, 5.74) is -0.710. The number of nitrogens with one attached hydrogen (secondary N) is 1. The van der Waals surface area contributed by atoms with Crippen molar-refractivity contribution in [3.63, 3.8) is 0 Å². The second-order valence-electron chi connectivity index (χ2n) is 5.40. The normalized spacial score (nSPS) is 18.4. The molecular weight excluding hydrogens is 300 g/mol. The van der Waals surface area contributed by atoms with E-state index in [1.807, 2.05) is 0 Å². The molecule has 124 valence electrons. The molecule has 2 rings (SSSR count). The van der Waals surface area contributed by atoms with E-state index in [1.165, 1.54) is 6.07 Å². The Morgan fingerprint density at radius 3 is 2.45 bits per heavy atom. The van der Waals surface area contributed by atoms with Crippen LogP contribution in [-0.2, 0) is 6.18 Å². The maximum atomic E-state index is 13.8. The number of alkyl halides is 3. The van der Waals surface area contributed by atoms with E-state index in [-0.39, 0.29) is 12.6 Å². The molecular formula is C15H20F4N2O. The lowest BCUT2D eigenvalue weighted by Gasteiger charge is -2.35. The molecule has 1 saturated heterocycles. The van der Waals surface area contributed by atoms with Gasteiger partial charge in [0.1, 0.15) is 5.82 Å². The summed E-state index contributed by atoms with van der Waals surface area (Å²) in [7, 11) is 0. The van der Waals surface area contributed by atoms with Gasteiger partial charge in [-0.15, -0.1) is 0 Å². The number of nitrogens with zero attached hydrogens (tertiary/aromatic N) is 1. The number of piperazine rings is 1. The summed E-state index contributed by atoms with van der Waals surface area (Å²) in [6.45, 7) is 3.08. The molecule has 0 unspecified atom stereocenters. The third-order valence-electron chi connectivity index (χ3n) is 3.91. The molecule has 0 bridgehead atoms. The fraction of sp³-hybridized carbons (Fsp3) is 0.600. The number of hydrogen-bond donors (Lipinski definition) is 2. The summed E-state index contributed by atoms with van der Waals surface area (Å²) >= 11 is 0. The van der Waals surface area contributed by atoms with Gasteiger partial charge in [-0.3, -0.25) is 4.90 Å². The van der Waals surface area contributed by atoms with Gasteiger partial charge in [0.25, 0.3) is 0 Å². The summed E-state index contributed by atoms with van der Waals surface area (Å²) < 4.78 is 51.7. The lowest BCUT2D eigenvalue weighted by molar-refractivity contribution is -0.140. The fourth-order valence-electron chi connectivity index (χ4n) is 2.81. The van der Waals surface area contributed by atoms with Gasteiger partial charge < -0.3 is 10.4 Å². The summed E-state index contributed by atoms with van der Waals surface area (Å²) in [4.78, 5) is 2.12. The molecule has 1 aromatic rings. The third-order valence-corrected chi connectivity index (χ3v) is 3.91. The second kappa shape index (κ2) is 7.39. The van der Waals surface area contributed by atoms with E-state index in [4.69, 9.17) is 5.11 Å². The van der Waals surface area contributed by atoms with E-state index in [1.54, 1.807) is 0 Å². The van der Waals surface area contributed by atoms with Gasteiger partial charge in [0.15, 0.2) is 0 Å². The molecule has 1 fully saturated rings. The summed E-state index contributed by atoms with van der Waals surface area (Å²) in [5, 5.41) is 12.2. The van der Waals surface area contributed by atoms with E-state index in [2.05, 4.69) is 10.2 Å². The van der Waals surface area contributed by atoms with Crippen LogP contribution in [0.2, 0.25) is 0 Å². The van der Waals surface area contributed by atoms with Gasteiger partial charge in [-0.2, -0.15) is 13.2 Å². The Balaban J connectivity index is 2.24. The van der Waals surface area contributed by atoms with E-state index in [9.17, 15) is 17.6 Å². The molecule has 0 aliphatic carbocycles. The Morgan fingerprint density at radius 2 is 1.91 bits per heavy atom. The van der Waals surface area contributed by atoms with Crippen molar-refractivity contribution in [3.05, 3.63) is 35.1 Å². The molecule has 0 spiro atoms.